The van der Waals surface area contributed by atoms with E-state index in [1.54, 1.807) is 17.0 Å². The van der Waals surface area contributed by atoms with E-state index in [2.05, 4.69) is 16.4 Å². The van der Waals surface area contributed by atoms with E-state index in [1.807, 2.05) is 38.1 Å². The molecule has 2 N–H and O–H groups in total. The third-order valence-electron chi connectivity index (χ3n) is 6.05. The maximum atomic E-state index is 13.1. The number of para-hydroxylation sites is 1. The summed E-state index contributed by atoms with van der Waals surface area (Å²) in [6, 6.07) is 13.1. The summed E-state index contributed by atoms with van der Waals surface area (Å²) in [4.78, 5) is 31.0. The van der Waals surface area contributed by atoms with Gasteiger partial charge in [-0.2, -0.15) is 0 Å². The molecule has 0 radical (unpaired) electrons. The first-order valence-electron chi connectivity index (χ1n) is 11.0. The number of carbonyl (C=O) groups excluding carboxylic acids is 2. The van der Waals surface area contributed by atoms with Crippen LogP contribution in [0.4, 0.5) is 5.69 Å². The molecule has 0 atom stereocenters. The SMILES string of the molecule is CCN(CC)C(=O)c1cccc(NC(=O)c2cccc3c4c([nH]c23)CCCCC4)c1. The summed E-state index contributed by atoms with van der Waals surface area (Å²) in [5.74, 6) is -0.184. The Balaban J connectivity index is 1.61. The molecular formula is C25H29N3O2. The van der Waals surface area contributed by atoms with Gasteiger partial charge in [-0.05, 0) is 69.4 Å². The average Bonchev–Trinajstić information content (AvgIpc) is 2.95. The van der Waals surface area contributed by atoms with Gasteiger partial charge >= 0.3 is 0 Å². The summed E-state index contributed by atoms with van der Waals surface area (Å²) in [5.41, 5.74) is 5.40. The number of aryl methyl sites for hydroxylation is 2. The van der Waals surface area contributed by atoms with Gasteiger partial charge in [-0.1, -0.05) is 24.6 Å². The number of H-pyrrole nitrogens is 1. The minimum Gasteiger partial charge on any atom is -0.358 e. The first-order chi connectivity index (χ1) is 14.6. The molecule has 1 aliphatic carbocycles. The fourth-order valence-corrected chi connectivity index (χ4v) is 4.42. The number of nitrogens with zero attached hydrogens (tertiary/aromatic N) is 1. The van der Waals surface area contributed by atoms with Crippen molar-refractivity contribution in [3.05, 3.63) is 64.8 Å². The largest absolute Gasteiger partial charge is 0.358 e. The summed E-state index contributed by atoms with van der Waals surface area (Å²) >= 11 is 0. The van der Waals surface area contributed by atoms with Gasteiger partial charge < -0.3 is 15.2 Å². The molecule has 0 bridgehead atoms. The van der Waals surface area contributed by atoms with E-state index in [0.29, 0.717) is 29.9 Å². The van der Waals surface area contributed by atoms with E-state index in [9.17, 15) is 9.59 Å². The molecule has 0 fully saturated rings. The Morgan fingerprint density at radius 1 is 1.00 bits per heavy atom. The predicted molar refractivity (Wildman–Crippen MR) is 121 cm³/mol. The number of fused-ring (bicyclic) bond motifs is 3. The maximum Gasteiger partial charge on any atom is 0.257 e. The molecule has 0 saturated heterocycles. The summed E-state index contributed by atoms with van der Waals surface area (Å²) in [6.07, 6.45) is 5.75. The minimum absolute atomic E-state index is 0.0219. The molecular weight excluding hydrogens is 374 g/mol. The fraction of sp³-hybridized carbons (Fsp3) is 0.360. The zero-order valence-electron chi connectivity index (χ0n) is 17.8. The van der Waals surface area contributed by atoms with Crippen molar-refractivity contribution >= 4 is 28.4 Å². The predicted octanol–water partition coefficient (Wildman–Crippen LogP) is 5.17. The summed E-state index contributed by atoms with van der Waals surface area (Å²) < 4.78 is 0. The molecule has 2 aromatic carbocycles. The van der Waals surface area contributed by atoms with E-state index < -0.39 is 0 Å². The van der Waals surface area contributed by atoms with Gasteiger partial charge in [0, 0.05) is 35.4 Å². The van der Waals surface area contributed by atoms with Crippen molar-refractivity contribution in [3.8, 4) is 0 Å². The highest BCUT2D eigenvalue weighted by atomic mass is 16.2. The van der Waals surface area contributed by atoms with Crippen LogP contribution in [0.25, 0.3) is 10.9 Å². The highest BCUT2D eigenvalue weighted by Gasteiger charge is 2.19. The Bertz CT molecular complexity index is 1080. The Hall–Kier alpha value is -3.08. The van der Waals surface area contributed by atoms with Gasteiger partial charge in [-0.25, -0.2) is 0 Å². The number of nitrogens with one attached hydrogen (secondary N) is 2. The third-order valence-corrected chi connectivity index (χ3v) is 6.05. The standard InChI is InChI=1S/C25H29N3O2/c1-3-28(4-2)25(30)17-10-8-11-18(16-17)26-24(29)21-14-9-13-20-19-12-6-5-7-15-22(19)27-23(20)21/h8-11,13-14,16,27H,3-7,12,15H2,1-2H3,(H,26,29). The zero-order valence-corrected chi connectivity index (χ0v) is 17.8. The van der Waals surface area contributed by atoms with Crippen LogP contribution in [-0.2, 0) is 12.8 Å². The van der Waals surface area contributed by atoms with Crippen molar-refractivity contribution in [1.82, 2.24) is 9.88 Å². The van der Waals surface area contributed by atoms with Gasteiger partial charge in [-0.15, -0.1) is 0 Å². The monoisotopic (exact) mass is 403 g/mol. The highest BCUT2D eigenvalue weighted by molar-refractivity contribution is 6.13. The Kier molecular flexibility index (Phi) is 5.88. The number of amides is 2. The second-order valence-electron chi connectivity index (χ2n) is 7.88. The van der Waals surface area contributed by atoms with Gasteiger partial charge in [-0.3, -0.25) is 9.59 Å². The van der Waals surface area contributed by atoms with Crippen LogP contribution in [0.2, 0.25) is 0 Å². The Morgan fingerprint density at radius 2 is 1.77 bits per heavy atom. The second kappa shape index (κ2) is 8.74. The molecule has 1 aromatic heterocycles. The van der Waals surface area contributed by atoms with Crippen LogP contribution in [0, 0.1) is 0 Å². The fourth-order valence-electron chi connectivity index (χ4n) is 4.42. The van der Waals surface area contributed by atoms with E-state index in [4.69, 9.17) is 0 Å². The number of benzene rings is 2. The van der Waals surface area contributed by atoms with Crippen molar-refractivity contribution in [2.45, 2.75) is 46.0 Å². The van der Waals surface area contributed by atoms with E-state index >= 15 is 0 Å². The number of anilines is 1. The van der Waals surface area contributed by atoms with Crippen LogP contribution < -0.4 is 5.32 Å². The molecule has 0 saturated carbocycles. The van der Waals surface area contributed by atoms with Gasteiger partial charge in [0.2, 0.25) is 0 Å². The van der Waals surface area contributed by atoms with Crippen LogP contribution in [0.15, 0.2) is 42.5 Å². The lowest BCUT2D eigenvalue weighted by molar-refractivity contribution is 0.0772. The number of hydrogen-bond donors (Lipinski definition) is 2. The molecule has 3 aromatic rings. The van der Waals surface area contributed by atoms with Gasteiger partial charge in [0.05, 0.1) is 11.1 Å². The molecule has 1 aliphatic rings. The highest BCUT2D eigenvalue weighted by Crippen LogP contribution is 2.30. The first-order valence-corrected chi connectivity index (χ1v) is 11.0. The maximum absolute atomic E-state index is 13.1. The second-order valence-corrected chi connectivity index (χ2v) is 7.88. The molecule has 0 unspecified atom stereocenters. The van der Waals surface area contributed by atoms with Crippen LogP contribution in [0.3, 0.4) is 0 Å². The molecule has 1 heterocycles. The van der Waals surface area contributed by atoms with Crippen LogP contribution in [0.5, 0.6) is 0 Å². The number of hydrogen-bond acceptors (Lipinski definition) is 2. The van der Waals surface area contributed by atoms with Crippen molar-refractivity contribution in [1.29, 1.82) is 0 Å². The topological polar surface area (TPSA) is 65.2 Å². The molecule has 4 rings (SSSR count). The average molecular weight is 404 g/mol. The molecule has 156 valence electrons. The lowest BCUT2D eigenvalue weighted by atomic mass is 10.0. The van der Waals surface area contributed by atoms with Crippen LogP contribution >= 0.6 is 0 Å². The number of aromatic amines is 1. The van der Waals surface area contributed by atoms with Crippen molar-refractivity contribution < 1.29 is 9.59 Å². The van der Waals surface area contributed by atoms with Gasteiger partial charge in [0.15, 0.2) is 0 Å². The molecule has 0 aliphatic heterocycles. The molecule has 0 spiro atoms. The van der Waals surface area contributed by atoms with E-state index in [-0.39, 0.29) is 11.8 Å². The molecule has 5 heteroatoms. The van der Waals surface area contributed by atoms with Gasteiger partial charge in [0.25, 0.3) is 11.8 Å². The summed E-state index contributed by atoms with van der Waals surface area (Å²) in [7, 11) is 0. The summed E-state index contributed by atoms with van der Waals surface area (Å²) in [5, 5.41) is 4.14. The first kappa shape index (κ1) is 20.2. The number of aromatic nitrogens is 1. The normalized spacial score (nSPS) is 13.5. The Morgan fingerprint density at radius 3 is 2.57 bits per heavy atom. The number of carbonyl (C=O) groups is 2. The molecule has 30 heavy (non-hydrogen) atoms. The van der Waals surface area contributed by atoms with Crippen LogP contribution in [0.1, 0.15) is 65.1 Å². The lowest BCUT2D eigenvalue weighted by Gasteiger charge is -2.19. The van der Waals surface area contributed by atoms with E-state index in [0.717, 1.165) is 23.7 Å². The Labute approximate surface area is 177 Å². The van der Waals surface area contributed by atoms with Gasteiger partial charge in [0.1, 0.15) is 0 Å². The van der Waals surface area contributed by atoms with Crippen molar-refractivity contribution in [3.63, 3.8) is 0 Å². The molecule has 2 amide bonds. The third kappa shape index (κ3) is 3.84. The minimum atomic E-state index is -0.163. The smallest absolute Gasteiger partial charge is 0.257 e. The zero-order chi connectivity index (χ0) is 21.1. The van der Waals surface area contributed by atoms with E-state index in [1.165, 1.54) is 30.5 Å². The van der Waals surface area contributed by atoms with Crippen LogP contribution in [-0.4, -0.2) is 34.8 Å². The van der Waals surface area contributed by atoms with Crippen molar-refractivity contribution in [2.75, 3.05) is 18.4 Å². The molecule has 5 nitrogen and oxygen atoms in total. The number of rotatable bonds is 5. The van der Waals surface area contributed by atoms with Crippen molar-refractivity contribution in [2.24, 2.45) is 0 Å². The summed E-state index contributed by atoms with van der Waals surface area (Å²) in [6.45, 7) is 5.24. The lowest BCUT2D eigenvalue weighted by Crippen LogP contribution is -2.30. The quantitative estimate of drug-likeness (QED) is 0.577.